The van der Waals surface area contributed by atoms with Crippen molar-refractivity contribution >= 4 is 5.91 Å². The van der Waals surface area contributed by atoms with Gasteiger partial charge in [0.2, 0.25) is 0 Å². The average Bonchev–Trinajstić information content (AvgIpc) is 2.81. The predicted molar refractivity (Wildman–Crippen MR) is 102 cm³/mol. The zero-order valence-electron chi connectivity index (χ0n) is 16.6. The van der Waals surface area contributed by atoms with Crippen LogP contribution in [0.3, 0.4) is 0 Å². The summed E-state index contributed by atoms with van der Waals surface area (Å²) in [5.74, 6) is 0.408. The van der Waals surface area contributed by atoms with Crippen molar-refractivity contribution in [3.05, 3.63) is 50.3 Å². The summed E-state index contributed by atoms with van der Waals surface area (Å²) < 4.78 is 7.26. The first-order valence-electron chi connectivity index (χ1n) is 9.19. The average molecular weight is 359 g/mol. The normalized spacial score (nSPS) is 12.2. The molecule has 1 amide bonds. The van der Waals surface area contributed by atoms with Crippen molar-refractivity contribution in [2.75, 3.05) is 6.54 Å². The molecule has 6 heteroatoms. The van der Waals surface area contributed by atoms with Crippen molar-refractivity contribution in [2.24, 2.45) is 0 Å². The lowest BCUT2D eigenvalue weighted by atomic mass is 10.0. The van der Waals surface area contributed by atoms with Gasteiger partial charge in [-0.1, -0.05) is 20.3 Å². The third-order valence-electron chi connectivity index (χ3n) is 4.95. The van der Waals surface area contributed by atoms with E-state index in [2.05, 4.69) is 17.3 Å². The van der Waals surface area contributed by atoms with Crippen molar-refractivity contribution in [3.8, 4) is 0 Å². The fraction of sp³-hybridized carbons (Fsp3) is 0.550. The van der Waals surface area contributed by atoms with Crippen LogP contribution in [0.4, 0.5) is 0 Å². The fourth-order valence-electron chi connectivity index (χ4n) is 3.09. The van der Waals surface area contributed by atoms with Crippen LogP contribution in [0, 0.1) is 27.7 Å². The number of rotatable bonds is 7. The molecule has 0 radical (unpaired) electrons. The number of hydrogen-bond donors (Lipinski definition) is 1. The Hall–Kier alpha value is -2.37. The monoisotopic (exact) mass is 359 g/mol. The Kier molecular flexibility index (Phi) is 6.40. The summed E-state index contributed by atoms with van der Waals surface area (Å²) in [5, 5.41) is 7.25. The van der Waals surface area contributed by atoms with E-state index in [9.17, 15) is 9.59 Å². The highest BCUT2D eigenvalue weighted by molar-refractivity contribution is 5.95. The molecule has 0 bridgehead atoms. The largest absolute Gasteiger partial charge is 0.427 e. The second-order valence-electron chi connectivity index (χ2n) is 6.96. The van der Waals surface area contributed by atoms with Gasteiger partial charge in [0.25, 0.3) is 5.91 Å². The number of carbonyl (C=O) groups excluding carboxylic acids is 1. The number of aromatic nitrogens is 2. The quantitative estimate of drug-likeness (QED) is 0.822. The molecule has 1 N–H and O–H groups in total. The topological polar surface area (TPSA) is 77.1 Å². The lowest BCUT2D eigenvalue weighted by molar-refractivity contribution is 0.0946. The van der Waals surface area contributed by atoms with Crippen LogP contribution >= 0.6 is 0 Å². The van der Waals surface area contributed by atoms with E-state index in [0.29, 0.717) is 24.4 Å². The van der Waals surface area contributed by atoms with E-state index >= 15 is 0 Å². The molecule has 6 nitrogen and oxygen atoms in total. The van der Waals surface area contributed by atoms with Crippen molar-refractivity contribution in [1.82, 2.24) is 15.1 Å². The number of carbonyl (C=O) groups is 1. The lowest BCUT2D eigenvalue weighted by Crippen LogP contribution is -2.32. The van der Waals surface area contributed by atoms with Crippen LogP contribution < -0.4 is 10.9 Å². The Bertz CT molecular complexity index is 849. The predicted octanol–water partition coefficient (Wildman–Crippen LogP) is 3.40. The highest BCUT2D eigenvalue weighted by atomic mass is 16.4. The van der Waals surface area contributed by atoms with Gasteiger partial charge in [0.05, 0.1) is 12.2 Å². The number of amides is 1. The summed E-state index contributed by atoms with van der Waals surface area (Å²) in [6.07, 6.45) is 1.95. The number of hydrogen-bond acceptors (Lipinski definition) is 4. The summed E-state index contributed by atoms with van der Waals surface area (Å²) in [6.45, 7) is 12.8. The molecular formula is C20H29N3O3. The molecular weight excluding hydrogens is 330 g/mol. The molecule has 1 atom stereocenters. The minimum absolute atomic E-state index is 0.0852. The molecule has 0 aliphatic carbocycles. The van der Waals surface area contributed by atoms with Crippen LogP contribution in [0.1, 0.15) is 71.2 Å². The zero-order chi connectivity index (χ0) is 19.4. The van der Waals surface area contributed by atoms with E-state index < -0.39 is 11.5 Å². The van der Waals surface area contributed by atoms with Crippen LogP contribution in [-0.4, -0.2) is 22.2 Å². The minimum Gasteiger partial charge on any atom is -0.427 e. The van der Waals surface area contributed by atoms with Crippen LogP contribution in [0.25, 0.3) is 0 Å². The van der Waals surface area contributed by atoms with Gasteiger partial charge in [-0.05, 0) is 51.3 Å². The molecule has 1 unspecified atom stereocenters. The zero-order valence-corrected chi connectivity index (χ0v) is 16.6. The van der Waals surface area contributed by atoms with Crippen LogP contribution in [0.2, 0.25) is 0 Å². The first-order valence-corrected chi connectivity index (χ1v) is 9.19. The Morgan fingerprint density at radius 3 is 2.54 bits per heavy atom. The fourth-order valence-corrected chi connectivity index (χ4v) is 3.09. The van der Waals surface area contributed by atoms with Gasteiger partial charge in [-0.2, -0.15) is 5.10 Å². The SMILES string of the molecule is CCCC(C)c1cc(C)c(C(=O)NCCn2nc(C)c(C)c2C)c(=O)o1. The smallest absolute Gasteiger partial charge is 0.349 e. The van der Waals surface area contributed by atoms with Gasteiger partial charge >= 0.3 is 5.63 Å². The molecule has 0 aromatic carbocycles. The number of nitrogens with one attached hydrogen (secondary N) is 1. The molecule has 0 aliphatic rings. The number of aryl methyl sites for hydroxylation is 2. The second-order valence-corrected chi connectivity index (χ2v) is 6.96. The Morgan fingerprint density at radius 2 is 2.00 bits per heavy atom. The third-order valence-corrected chi connectivity index (χ3v) is 4.95. The molecule has 0 saturated carbocycles. The van der Waals surface area contributed by atoms with Crippen molar-refractivity contribution in [2.45, 2.75) is 66.8 Å². The van der Waals surface area contributed by atoms with Crippen molar-refractivity contribution in [3.63, 3.8) is 0 Å². The van der Waals surface area contributed by atoms with Gasteiger partial charge in [0.15, 0.2) is 0 Å². The molecule has 0 aliphatic heterocycles. The van der Waals surface area contributed by atoms with Gasteiger partial charge < -0.3 is 9.73 Å². The van der Waals surface area contributed by atoms with Crippen LogP contribution in [0.5, 0.6) is 0 Å². The number of nitrogens with zero attached hydrogens (tertiary/aromatic N) is 2. The first-order chi connectivity index (χ1) is 12.3. The Labute approximate surface area is 154 Å². The molecule has 2 heterocycles. The molecule has 0 saturated heterocycles. The third kappa shape index (κ3) is 4.23. The molecule has 0 fully saturated rings. The summed E-state index contributed by atoms with van der Waals surface area (Å²) in [5.41, 5.74) is 3.40. The highest BCUT2D eigenvalue weighted by Crippen LogP contribution is 2.21. The molecule has 2 rings (SSSR count). The van der Waals surface area contributed by atoms with E-state index in [1.807, 2.05) is 32.4 Å². The highest BCUT2D eigenvalue weighted by Gasteiger charge is 2.19. The van der Waals surface area contributed by atoms with E-state index in [0.717, 1.165) is 29.8 Å². The van der Waals surface area contributed by atoms with Crippen molar-refractivity contribution in [1.29, 1.82) is 0 Å². The standard InChI is InChI=1S/C20H29N3O3/c1-7-8-12(2)17-11-13(3)18(20(25)26-17)19(24)21-9-10-23-16(6)14(4)15(5)22-23/h11-12H,7-10H2,1-6H3,(H,21,24). The maximum atomic E-state index is 12.4. The molecule has 0 spiro atoms. The van der Waals surface area contributed by atoms with Crippen LogP contribution in [0.15, 0.2) is 15.3 Å². The first kappa shape index (κ1) is 19.9. The summed E-state index contributed by atoms with van der Waals surface area (Å²) in [7, 11) is 0. The maximum Gasteiger partial charge on any atom is 0.349 e. The minimum atomic E-state index is -0.567. The van der Waals surface area contributed by atoms with E-state index in [4.69, 9.17) is 4.42 Å². The van der Waals surface area contributed by atoms with E-state index in [1.54, 1.807) is 13.0 Å². The van der Waals surface area contributed by atoms with Crippen molar-refractivity contribution < 1.29 is 9.21 Å². The van der Waals surface area contributed by atoms with E-state index in [-0.39, 0.29) is 11.5 Å². The Balaban J connectivity index is 2.07. The summed E-state index contributed by atoms with van der Waals surface area (Å²) >= 11 is 0. The second kappa shape index (κ2) is 8.34. The van der Waals surface area contributed by atoms with Gasteiger partial charge in [0.1, 0.15) is 11.3 Å². The maximum absolute atomic E-state index is 12.4. The summed E-state index contributed by atoms with van der Waals surface area (Å²) in [4.78, 5) is 24.7. The molecule has 142 valence electrons. The Morgan fingerprint density at radius 1 is 1.31 bits per heavy atom. The van der Waals surface area contributed by atoms with Gasteiger partial charge in [0, 0.05) is 18.2 Å². The van der Waals surface area contributed by atoms with Crippen LogP contribution in [-0.2, 0) is 6.54 Å². The van der Waals surface area contributed by atoms with E-state index in [1.165, 1.54) is 0 Å². The van der Waals surface area contributed by atoms with Gasteiger partial charge in [-0.3, -0.25) is 9.48 Å². The molecule has 2 aromatic rings. The molecule has 26 heavy (non-hydrogen) atoms. The lowest BCUT2D eigenvalue weighted by Gasteiger charge is -2.12. The molecule has 2 aromatic heterocycles. The van der Waals surface area contributed by atoms with Gasteiger partial charge in [-0.25, -0.2) is 4.79 Å². The summed E-state index contributed by atoms with van der Waals surface area (Å²) in [6, 6.07) is 1.81. The van der Waals surface area contributed by atoms with Gasteiger partial charge in [-0.15, -0.1) is 0 Å².